The minimum absolute atomic E-state index is 0.121. The molecule has 2 N–H and O–H groups in total. The van der Waals surface area contributed by atoms with Crippen molar-refractivity contribution in [2.24, 2.45) is 0 Å². The molecule has 12 heavy (non-hydrogen) atoms. The topological polar surface area (TPSA) is 49.3 Å². The van der Waals surface area contributed by atoms with Crippen molar-refractivity contribution in [3.63, 3.8) is 0 Å². The van der Waals surface area contributed by atoms with Crippen molar-refractivity contribution >= 4 is 21.8 Å². The van der Waals surface area contributed by atoms with Gasteiger partial charge in [-0.1, -0.05) is 15.9 Å². The number of nitrogens with one attached hydrogen (secondary N) is 1. The molecule has 1 amide bonds. The molecule has 0 saturated heterocycles. The summed E-state index contributed by atoms with van der Waals surface area (Å²) < 4.78 is -0.571. The van der Waals surface area contributed by atoms with E-state index in [9.17, 15) is 9.90 Å². The Bertz CT molecular complexity index is 167. The fourth-order valence-electron chi connectivity index (χ4n) is 0.507. The van der Waals surface area contributed by atoms with E-state index in [-0.39, 0.29) is 12.5 Å². The second kappa shape index (κ2) is 3.75. The fraction of sp³-hybridized carbons (Fsp3) is 0.875. The van der Waals surface area contributed by atoms with Gasteiger partial charge in [0.1, 0.15) is 0 Å². The number of carbonyl (C=O) groups excluding carboxylic acids is 1. The molecule has 0 aromatic heterocycles. The summed E-state index contributed by atoms with van der Waals surface area (Å²) in [6.45, 7) is 7.07. The first-order valence-corrected chi connectivity index (χ1v) is 4.62. The van der Waals surface area contributed by atoms with Crippen molar-refractivity contribution in [1.29, 1.82) is 0 Å². The molecule has 72 valence electrons. The van der Waals surface area contributed by atoms with E-state index in [1.807, 2.05) is 0 Å². The summed E-state index contributed by atoms with van der Waals surface area (Å²) in [5.74, 6) is -0.121. The van der Waals surface area contributed by atoms with Crippen LogP contribution in [-0.2, 0) is 4.79 Å². The van der Waals surface area contributed by atoms with Crippen LogP contribution < -0.4 is 5.32 Å². The lowest BCUT2D eigenvalue weighted by molar-refractivity contribution is -0.123. The highest BCUT2D eigenvalue weighted by atomic mass is 79.9. The molecular formula is C8H16BrNO2. The highest BCUT2D eigenvalue weighted by Gasteiger charge is 2.24. The molecule has 0 aliphatic heterocycles. The van der Waals surface area contributed by atoms with Crippen LogP contribution in [0.4, 0.5) is 0 Å². The third-order valence-electron chi connectivity index (χ3n) is 1.22. The van der Waals surface area contributed by atoms with Crippen LogP contribution in [0.2, 0.25) is 0 Å². The average Bonchev–Trinajstić information content (AvgIpc) is 1.78. The second-order valence-electron chi connectivity index (χ2n) is 3.97. The van der Waals surface area contributed by atoms with Gasteiger partial charge in [-0.15, -0.1) is 0 Å². The van der Waals surface area contributed by atoms with Crippen molar-refractivity contribution in [2.75, 3.05) is 6.54 Å². The van der Waals surface area contributed by atoms with Crippen LogP contribution in [-0.4, -0.2) is 27.5 Å². The molecule has 0 unspecified atom stereocenters. The van der Waals surface area contributed by atoms with Crippen molar-refractivity contribution in [3.05, 3.63) is 0 Å². The standard InChI is InChI=1S/C8H16BrNO2/c1-7(2,12)5-10-6(11)8(3,4)9/h12H,5H2,1-4H3,(H,10,11). The van der Waals surface area contributed by atoms with E-state index in [1.54, 1.807) is 27.7 Å². The van der Waals surface area contributed by atoms with Gasteiger partial charge in [0.25, 0.3) is 0 Å². The van der Waals surface area contributed by atoms with Gasteiger partial charge < -0.3 is 10.4 Å². The zero-order chi connectivity index (χ0) is 9.99. The van der Waals surface area contributed by atoms with E-state index in [4.69, 9.17) is 0 Å². The number of aliphatic hydroxyl groups is 1. The van der Waals surface area contributed by atoms with Gasteiger partial charge in [0.15, 0.2) is 0 Å². The van der Waals surface area contributed by atoms with Crippen molar-refractivity contribution in [3.8, 4) is 0 Å². The lowest BCUT2D eigenvalue weighted by atomic mass is 10.1. The number of halogens is 1. The fourth-order valence-corrected chi connectivity index (χ4v) is 0.647. The van der Waals surface area contributed by atoms with E-state index in [1.165, 1.54) is 0 Å². The number of carbonyl (C=O) groups is 1. The predicted octanol–water partition coefficient (Wildman–Crippen LogP) is 1.05. The molecule has 0 heterocycles. The molecule has 3 nitrogen and oxygen atoms in total. The first-order chi connectivity index (χ1) is 5.13. The average molecular weight is 238 g/mol. The molecule has 0 rings (SSSR count). The summed E-state index contributed by atoms with van der Waals surface area (Å²) in [6.07, 6.45) is 0. The lowest BCUT2D eigenvalue weighted by Crippen LogP contribution is -2.44. The summed E-state index contributed by atoms with van der Waals surface area (Å²) >= 11 is 3.22. The molecule has 0 fully saturated rings. The lowest BCUT2D eigenvalue weighted by Gasteiger charge is -2.21. The minimum atomic E-state index is -0.853. The van der Waals surface area contributed by atoms with E-state index in [0.29, 0.717) is 0 Å². The number of amides is 1. The Morgan fingerprint density at radius 2 is 1.83 bits per heavy atom. The Hall–Kier alpha value is -0.0900. The van der Waals surface area contributed by atoms with Crippen molar-refractivity contribution < 1.29 is 9.90 Å². The van der Waals surface area contributed by atoms with Crippen LogP contribution in [0.25, 0.3) is 0 Å². The Balaban J connectivity index is 3.90. The van der Waals surface area contributed by atoms with Crippen LogP contribution in [0, 0.1) is 0 Å². The number of rotatable bonds is 3. The zero-order valence-electron chi connectivity index (χ0n) is 7.94. The maximum Gasteiger partial charge on any atom is 0.236 e. The molecule has 4 heteroatoms. The quantitative estimate of drug-likeness (QED) is 0.722. The largest absolute Gasteiger partial charge is 0.389 e. The van der Waals surface area contributed by atoms with Gasteiger partial charge >= 0.3 is 0 Å². The van der Waals surface area contributed by atoms with E-state index >= 15 is 0 Å². The highest BCUT2D eigenvalue weighted by Crippen LogP contribution is 2.15. The first-order valence-electron chi connectivity index (χ1n) is 3.82. The maximum absolute atomic E-state index is 11.2. The molecule has 0 spiro atoms. The van der Waals surface area contributed by atoms with Gasteiger partial charge in [0.05, 0.1) is 9.93 Å². The molecular weight excluding hydrogens is 222 g/mol. The summed E-state index contributed by atoms with van der Waals surface area (Å²) in [5, 5.41) is 11.9. The molecule has 0 aromatic carbocycles. The first kappa shape index (κ1) is 11.9. The molecule has 0 bridgehead atoms. The third kappa shape index (κ3) is 5.55. The molecule has 0 aliphatic carbocycles. The molecule has 0 saturated carbocycles. The smallest absolute Gasteiger partial charge is 0.236 e. The zero-order valence-corrected chi connectivity index (χ0v) is 9.53. The Morgan fingerprint density at radius 3 is 2.08 bits per heavy atom. The Kier molecular flexibility index (Phi) is 3.72. The van der Waals surface area contributed by atoms with E-state index in [0.717, 1.165) is 0 Å². The SMILES string of the molecule is CC(C)(O)CNC(=O)C(C)(C)Br. The van der Waals surface area contributed by atoms with Gasteiger partial charge in [0.2, 0.25) is 5.91 Å². The summed E-state index contributed by atoms with van der Waals surface area (Å²) in [4.78, 5) is 11.2. The van der Waals surface area contributed by atoms with Crippen LogP contribution >= 0.6 is 15.9 Å². The molecule has 0 aliphatic rings. The van der Waals surface area contributed by atoms with Crippen LogP contribution in [0.5, 0.6) is 0 Å². The summed E-state index contributed by atoms with van der Waals surface area (Å²) in [7, 11) is 0. The van der Waals surface area contributed by atoms with Crippen LogP contribution in [0.15, 0.2) is 0 Å². The summed E-state index contributed by atoms with van der Waals surface area (Å²) in [6, 6.07) is 0. The van der Waals surface area contributed by atoms with E-state index < -0.39 is 9.93 Å². The van der Waals surface area contributed by atoms with Crippen molar-refractivity contribution in [1.82, 2.24) is 5.32 Å². The van der Waals surface area contributed by atoms with Gasteiger partial charge in [0, 0.05) is 6.54 Å². The molecule has 0 aromatic rings. The van der Waals surface area contributed by atoms with Crippen LogP contribution in [0.1, 0.15) is 27.7 Å². The predicted molar refractivity (Wildman–Crippen MR) is 52.3 cm³/mol. The third-order valence-corrected chi connectivity index (χ3v) is 1.58. The monoisotopic (exact) mass is 237 g/mol. The van der Waals surface area contributed by atoms with Gasteiger partial charge in [-0.2, -0.15) is 0 Å². The highest BCUT2D eigenvalue weighted by molar-refractivity contribution is 9.10. The Morgan fingerprint density at radius 1 is 1.42 bits per heavy atom. The number of alkyl halides is 1. The normalized spacial score (nSPS) is 12.8. The second-order valence-corrected chi connectivity index (χ2v) is 5.95. The van der Waals surface area contributed by atoms with E-state index in [2.05, 4.69) is 21.2 Å². The van der Waals surface area contributed by atoms with Crippen LogP contribution in [0.3, 0.4) is 0 Å². The van der Waals surface area contributed by atoms with Gasteiger partial charge in [-0.05, 0) is 27.7 Å². The van der Waals surface area contributed by atoms with Crippen molar-refractivity contribution in [2.45, 2.75) is 37.6 Å². The number of hydrogen-bond acceptors (Lipinski definition) is 2. The number of hydrogen-bond donors (Lipinski definition) is 2. The molecule has 0 atom stereocenters. The Labute approximate surface area is 81.7 Å². The maximum atomic E-state index is 11.2. The molecule has 0 radical (unpaired) electrons. The summed E-state index contributed by atoms with van der Waals surface area (Å²) in [5.41, 5.74) is -0.853. The van der Waals surface area contributed by atoms with Gasteiger partial charge in [-0.25, -0.2) is 0 Å². The minimum Gasteiger partial charge on any atom is -0.389 e. The van der Waals surface area contributed by atoms with Gasteiger partial charge in [-0.3, -0.25) is 4.79 Å².